The predicted octanol–water partition coefficient (Wildman–Crippen LogP) is 2.25. The first-order valence-electron chi connectivity index (χ1n) is 7.96. The highest BCUT2D eigenvalue weighted by Crippen LogP contribution is 2.24. The molecule has 1 amide bonds. The summed E-state index contributed by atoms with van der Waals surface area (Å²) in [4.78, 5) is 20.1. The van der Waals surface area contributed by atoms with E-state index in [1.807, 2.05) is 36.4 Å². The number of nitrogens with zero attached hydrogens (tertiary/aromatic N) is 3. The molecule has 122 valence electrons. The summed E-state index contributed by atoms with van der Waals surface area (Å²) in [5, 5.41) is 0. The molecule has 6 nitrogen and oxygen atoms in total. The smallest absolute Gasteiger partial charge is 0.298 e. The fraction of sp³-hybridized carbons (Fsp3) is 0.222. The minimum atomic E-state index is -0.401. The van der Waals surface area contributed by atoms with E-state index < -0.39 is 5.91 Å². The average molecular weight is 322 g/mol. The van der Waals surface area contributed by atoms with E-state index in [1.54, 1.807) is 12.1 Å². The summed E-state index contributed by atoms with van der Waals surface area (Å²) in [6, 6.07) is 15.9. The van der Waals surface area contributed by atoms with Gasteiger partial charge in [-0.2, -0.15) is 4.98 Å². The maximum atomic E-state index is 11.1. The molecule has 6 heteroatoms. The number of anilines is 2. The van der Waals surface area contributed by atoms with Crippen molar-refractivity contribution >= 4 is 28.7 Å². The van der Waals surface area contributed by atoms with Gasteiger partial charge in [0.15, 0.2) is 5.58 Å². The summed E-state index contributed by atoms with van der Waals surface area (Å²) in [5.41, 5.74) is 8.61. The molecule has 2 aromatic carbocycles. The molecule has 0 saturated carbocycles. The molecule has 0 aliphatic carbocycles. The van der Waals surface area contributed by atoms with Gasteiger partial charge in [0.05, 0.1) is 0 Å². The van der Waals surface area contributed by atoms with Crippen molar-refractivity contribution in [3.63, 3.8) is 0 Å². The Hall–Kier alpha value is -3.02. The highest BCUT2D eigenvalue weighted by Gasteiger charge is 2.21. The molecular formula is C18H18N4O2. The van der Waals surface area contributed by atoms with Gasteiger partial charge in [-0.1, -0.05) is 12.1 Å². The van der Waals surface area contributed by atoms with Crippen LogP contribution in [0.4, 0.5) is 11.7 Å². The number of carbonyl (C=O) groups excluding carboxylic acids is 1. The summed E-state index contributed by atoms with van der Waals surface area (Å²) in [6.07, 6.45) is 0. The number of carbonyl (C=O) groups is 1. The van der Waals surface area contributed by atoms with E-state index in [4.69, 9.17) is 10.2 Å². The van der Waals surface area contributed by atoms with E-state index in [1.165, 1.54) is 0 Å². The monoisotopic (exact) mass is 322 g/mol. The lowest BCUT2D eigenvalue weighted by Crippen LogP contribution is -2.46. The number of amides is 1. The standard InChI is InChI=1S/C18H18N4O2/c19-17(23)13-5-7-14(8-6-13)21-9-11-22(12-10-21)18-20-15-3-1-2-4-16(15)24-18/h1-8H,9-12H2,(H2,19,23). The third-order valence-electron chi connectivity index (χ3n) is 4.35. The third-order valence-corrected chi connectivity index (χ3v) is 4.35. The molecule has 2 heterocycles. The van der Waals surface area contributed by atoms with Crippen molar-refractivity contribution in [2.45, 2.75) is 0 Å². The molecule has 2 N–H and O–H groups in total. The summed E-state index contributed by atoms with van der Waals surface area (Å²) in [6.45, 7) is 3.41. The quantitative estimate of drug-likeness (QED) is 0.800. The van der Waals surface area contributed by atoms with Crippen molar-refractivity contribution in [3.8, 4) is 0 Å². The number of aromatic nitrogens is 1. The topological polar surface area (TPSA) is 75.6 Å². The second kappa shape index (κ2) is 5.88. The Morgan fingerprint density at radius 1 is 0.958 bits per heavy atom. The fourth-order valence-corrected chi connectivity index (χ4v) is 2.99. The minimum Gasteiger partial charge on any atom is -0.423 e. The molecule has 3 aromatic rings. The zero-order chi connectivity index (χ0) is 16.5. The van der Waals surface area contributed by atoms with Crippen LogP contribution in [0.15, 0.2) is 52.9 Å². The molecule has 0 radical (unpaired) electrons. The highest BCUT2D eigenvalue weighted by molar-refractivity contribution is 5.93. The number of oxazole rings is 1. The molecule has 1 aliphatic rings. The molecule has 1 fully saturated rings. The molecular weight excluding hydrogens is 304 g/mol. The van der Waals surface area contributed by atoms with E-state index in [-0.39, 0.29) is 0 Å². The van der Waals surface area contributed by atoms with Crippen molar-refractivity contribution < 1.29 is 9.21 Å². The molecule has 0 unspecified atom stereocenters. The normalized spacial score (nSPS) is 15.0. The Balaban J connectivity index is 1.45. The van der Waals surface area contributed by atoms with Crippen LogP contribution < -0.4 is 15.5 Å². The summed E-state index contributed by atoms with van der Waals surface area (Å²) in [5.74, 6) is -0.401. The van der Waals surface area contributed by atoms with E-state index >= 15 is 0 Å². The van der Waals surface area contributed by atoms with E-state index in [2.05, 4.69) is 14.8 Å². The van der Waals surface area contributed by atoms with Gasteiger partial charge in [0.2, 0.25) is 5.91 Å². The lowest BCUT2D eigenvalue weighted by Gasteiger charge is -2.35. The summed E-state index contributed by atoms with van der Waals surface area (Å²) in [7, 11) is 0. The predicted molar refractivity (Wildman–Crippen MR) is 93.4 cm³/mol. The maximum Gasteiger partial charge on any atom is 0.298 e. The first kappa shape index (κ1) is 14.6. The van der Waals surface area contributed by atoms with Crippen LogP contribution in [0.2, 0.25) is 0 Å². The second-order valence-electron chi connectivity index (χ2n) is 5.85. The molecule has 1 saturated heterocycles. The van der Waals surface area contributed by atoms with Crippen LogP contribution in [0.25, 0.3) is 11.1 Å². The summed E-state index contributed by atoms with van der Waals surface area (Å²) < 4.78 is 5.84. The van der Waals surface area contributed by atoms with Crippen molar-refractivity contribution in [1.29, 1.82) is 0 Å². The number of piperazine rings is 1. The third kappa shape index (κ3) is 2.67. The van der Waals surface area contributed by atoms with Gasteiger partial charge in [0.1, 0.15) is 5.52 Å². The molecule has 0 atom stereocenters. The number of fused-ring (bicyclic) bond motifs is 1. The van der Waals surface area contributed by atoms with Crippen LogP contribution in [0, 0.1) is 0 Å². The molecule has 1 aromatic heterocycles. The Morgan fingerprint density at radius 2 is 1.62 bits per heavy atom. The largest absolute Gasteiger partial charge is 0.423 e. The number of benzene rings is 2. The van der Waals surface area contributed by atoms with Crippen molar-refractivity contribution in [2.75, 3.05) is 36.0 Å². The number of hydrogen-bond acceptors (Lipinski definition) is 5. The van der Waals surface area contributed by atoms with Crippen LogP contribution in [0.5, 0.6) is 0 Å². The van der Waals surface area contributed by atoms with Gasteiger partial charge in [-0.15, -0.1) is 0 Å². The first-order valence-corrected chi connectivity index (χ1v) is 7.96. The second-order valence-corrected chi connectivity index (χ2v) is 5.85. The van der Waals surface area contributed by atoms with Gasteiger partial charge in [0.25, 0.3) is 6.01 Å². The highest BCUT2D eigenvalue weighted by atomic mass is 16.4. The molecule has 1 aliphatic heterocycles. The lowest BCUT2D eigenvalue weighted by atomic mass is 10.1. The van der Waals surface area contributed by atoms with Gasteiger partial charge in [0, 0.05) is 37.4 Å². The SMILES string of the molecule is NC(=O)c1ccc(N2CCN(c3nc4ccccc4o3)CC2)cc1. The number of hydrogen-bond donors (Lipinski definition) is 1. The number of nitrogens with two attached hydrogens (primary N) is 1. The lowest BCUT2D eigenvalue weighted by molar-refractivity contribution is 0.100. The first-order chi connectivity index (χ1) is 11.7. The molecule has 4 rings (SSSR count). The van der Waals surface area contributed by atoms with E-state index in [0.29, 0.717) is 11.6 Å². The van der Waals surface area contributed by atoms with Gasteiger partial charge in [-0.05, 0) is 36.4 Å². The Morgan fingerprint density at radius 3 is 2.29 bits per heavy atom. The zero-order valence-corrected chi connectivity index (χ0v) is 13.2. The Labute approximate surface area is 139 Å². The minimum absolute atomic E-state index is 0.401. The van der Waals surface area contributed by atoms with Crippen molar-refractivity contribution in [1.82, 2.24) is 4.98 Å². The van der Waals surface area contributed by atoms with Crippen LogP contribution >= 0.6 is 0 Å². The van der Waals surface area contributed by atoms with Crippen LogP contribution in [0.3, 0.4) is 0 Å². The fourth-order valence-electron chi connectivity index (χ4n) is 2.99. The van der Waals surface area contributed by atoms with Crippen LogP contribution in [-0.2, 0) is 0 Å². The van der Waals surface area contributed by atoms with Crippen LogP contribution in [-0.4, -0.2) is 37.1 Å². The number of para-hydroxylation sites is 2. The number of rotatable bonds is 3. The van der Waals surface area contributed by atoms with Gasteiger partial charge in [-0.3, -0.25) is 4.79 Å². The van der Waals surface area contributed by atoms with E-state index in [9.17, 15) is 4.79 Å². The Bertz CT molecular complexity index is 831. The molecule has 0 bridgehead atoms. The molecule has 24 heavy (non-hydrogen) atoms. The average Bonchev–Trinajstić information content (AvgIpc) is 3.06. The molecule has 0 spiro atoms. The van der Waals surface area contributed by atoms with Gasteiger partial charge < -0.3 is 20.0 Å². The van der Waals surface area contributed by atoms with Crippen LogP contribution in [0.1, 0.15) is 10.4 Å². The zero-order valence-electron chi connectivity index (χ0n) is 13.2. The maximum absolute atomic E-state index is 11.1. The van der Waals surface area contributed by atoms with Gasteiger partial charge in [-0.25, -0.2) is 0 Å². The van der Waals surface area contributed by atoms with Crippen molar-refractivity contribution in [2.24, 2.45) is 5.73 Å². The number of primary amides is 1. The van der Waals surface area contributed by atoms with E-state index in [0.717, 1.165) is 43.0 Å². The summed E-state index contributed by atoms with van der Waals surface area (Å²) >= 11 is 0. The van der Waals surface area contributed by atoms with Crippen molar-refractivity contribution in [3.05, 3.63) is 54.1 Å². The Kier molecular flexibility index (Phi) is 3.57. The van der Waals surface area contributed by atoms with Gasteiger partial charge >= 0.3 is 0 Å².